The van der Waals surface area contributed by atoms with Gasteiger partial charge in [0.25, 0.3) is 10.0 Å². The van der Waals surface area contributed by atoms with Gasteiger partial charge in [0.2, 0.25) is 5.78 Å². The number of aromatic nitrogens is 1. The van der Waals surface area contributed by atoms with Crippen LogP contribution >= 0.6 is 34.8 Å². The fraction of sp³-hybridized carbons (Fsp3) is 0.0526. The molecule has 3 aromatic rings. The number of benzene rings is 2. The lowest BCUT2D eigenvalue weighted by molar-refractivity contribution is -0.137. The van der Waals surface area contributed by atoms with Crippen LogP contribution in [0.1, 0.15) is 21.6 Å². The van der Waals surface area contributed by atoms with E-state index in [0.717, 1.165) is 24.4 Å². The molecule has 2 aromatic carbocycles. The molecule has 0 amide bonds. The summed E-state index contributed by atoms with van der Waals surface area (Å²) in [7, 11) is -4.57. The number of ketones is 1. The number of nitrogens with zero attached hydrogens (tertiary/aromatic N) is 1. The van der Waals surface area contributed by atoms with E-state index in [-0.39, 0.29) is 27.0 Å². The Bertz CT molecular complexity index is 1280. The van der Waals surface area contributed by atoms with Crippen LogP contribution in [-0.2, 0) is 16.2 Å². The summed E-state index contributed by atoms with van der Waals surface area (Å²) in [5, 5.41) is -0.573. The zero-order valence-corrected chi connectivity index (χ0v) is 18.1. The summed E-state index contributed by atoms with van der Waals surface area (Å²) in [5.41, 5.74) is -1.95. The molecule has 0 aliphatic carbocycles. The molecular weight excluding hydrogens is 500 g/mol. The van der Waals surface area contributed by atoms with Gasteiger partial charge in [0, 0.05) is 11.8 Å². The first kappa shape index (κ1) is 23.3. The summed E-state index contributed by atoms with van der Waals surface area (Å²) >= 11 is 17.4. The molecule has 162 valence electrons. The lowest BCUT2D eigenvalue weighted by Crippen LogP contribution is -2.18. The SMILES string of the molecule is O=C(c1ccccc1Cl)c1ncc(Cl)cc1NS(=O)(=O)c1ccc(Cl)c(C(F)(F)F)c1. The van der Waals surface area contributed by atoms with E-state index in [1.165, 1.54) is 12.1 Å². The summed E-state index contributed by atoms with van der Waals surface area (Å²) in [4.78, 5) is 16.0. The topological polar surface area (TPSA) is 76.1 Å². The number of rotatable bonds is 5. The lowest BCUT2D eigenvalue weighted by Gasteiger charge is -2.14. The fourth-order valence-corrected chi connectivity index (χ4v) is 4.25. The molecule has 0 unspecified atom stereocenters. The third kappa shape index (κ3) is 5.12. The number of halogens is 6. The molecule has 0 saturated carbocycles. The Hall–Kier alpha value is -2.33. The van der Waals surface area contributed by atoms with Gasteiger partial charge in [-0.15, -0.1) is 0 Å². The number of sulfonamides is 1. The number of anilines is 1. The first-order chi connectivity index (χ1) is 14.4. The summed E-state index contributed by atoms with van der Waals surface area (Å²) in [5.74, 6) is -0.716. The van der Waals surface area contributed by atoms with Crippen molar-refractivity contribution in [3.05, 3.63) is 86.6 Å². The van der Waals surface area contributed by atoms with Crippen molar-refractivity contribution in [2.45, 2.75) is 11.1 Å². The van der Waals surface area contributed by atoms with Gasteiger partial charge in [0.15, 0.2) is 0 Å². The third-order valence-corrected chi connectivity index (χ3v) is 6.21. The van der Waals surface area contributed by atoms with Crippen molar-refractivity contribution < 1.29 is 26.4 Å². The van der Waals surface area contributed by atoms with E-state index in [1.807, 2.05) is 0 Å². The van der Waals surface area contributed by atoms with Gasteiger partial charge < -0.3 is 0 Å². The van der Waals surface area contributed by atoms with Gasteiger partial charge in [0.1, 0.15) is 5.69 Å². The minimum Gasteiger partial charge on any atom is -0.287 e. The number of hydrogen-bond donors (Lipinski definition) is 1. The lowest BCUT2D eigenvalue weighted by atomic mass is 10.1. The number of carbonyl (C=O) groups is 1. The molecule has 0 spiro atoms. The Morgan fingerprint density at radius 2 is 1.65 bits per heavy atom. The molecular formula is C19H10Cl3F3N2O3S. The van der Waals surface area contributed by atoms with E-state index in [2.05, 4.69) is 9.71 Å². The van der Waals surface area contributed by atoms with Crippen LogP contribution in [0.5, 0.6) is 0 Å². The minimum absolute atomic E-state index is 0.0134. The van der Waals surface area contributed by atoms with E-state index in [9.17, 15) is 26.4 Å². The molecule has 0 atom stereocenters. The van der Waals surface area contributed by atoms with E-state index >= 15 is 0 Å². The summed E-state index contributed by atoms with van der Waals surface area (Å²) in [6.45, 7) is 0. The highest BCUT2D eigenvalue weighted by atomic mass is 35.5. The largest absolute Gasteiger partial charge is 0.417 e. The number of alkyl halides is 3. The first-order valence-electron chi connectivity index (χ1n) is 8.24. The summed E-state index contributed by atoms with van der Waals surface area (Å²) in [6, 6.07) is 9.21. The van der Waals surface area contributed by atoms with E-state index in [0.29, 0.717) is 6.07 Å². The van der Waals surface area contributed by atoms with E-state index in [1.54, 1.807) is 12.1 Å². The Labute approximate surface area is 189 Å². The maximum atomic E-state index is 13.1. The molecule has 1 aromatic heterocycles. The predicted molar refractivity (Wildman–Crippen MR) is 111 cm³/mol. The highest BCUT2D eigenvalue weighted by molar-refractivity contribution is 7.92. The molecule has 31 heavy (non-hydrogen) atoms. The summed E-state index contributed by atoms with van der Waals surface area (Å²) in [6.07, 6.45) is -3.75. The van der Waals surface area contributed by atoms with Crippen LogP contribution < -0.4 is 4.72 Å². The molecule has 0 saturated heterocycles. The van der Waals surface area contributed by atoms with Crippen LogP contribution in [0.2, 0.25) is 15.1 Å². The molecule has 0 aliphatic rings. The van der Waals surface area contributed by atoms with Crippen molar-refractivity contribution in [2.24, 2.45) is 0 Å². The highest BCUT2D eigenvalue weighted by Gasteiger charge is 2.34. The maximum Gasteiger partial charge on any atom is 0.417 e. The van der Waals surface area contributed by atoms with Gasteiger partial charge in [-0.1, -0.05) is 46.9 Å². The Balaban J connectivity index is 2.06. The molecule has 0 fully saturated rings. The van der Waals surface area contributed by atoms with Crippen LogP contribution in [0.3, 0.4) is 0 Å². The van der Waals surface area contributed by atoms with Crippen molar-refractivity contribution in [3.8, 4) is 0 Å². The number of pyridine rings is 1. The van der Waals surface area contributed by atoms with Gasteiger partial charge in [-0.25, -0.2) is 13.4 Å². The average Bonchev–Trinajstić information content (AvgIpc) is 2.67. The molecule has 0 bridgehead atoms. The number of nitrogens with one attached hydrogen (secondary N) is 1. The van der Waals surface area contributed by atoms with Gasteiger partial charge in [0.05, 0.1) is 31.2 Å². The quantitative estimate of drug-likeness (QED) is 0.422. The Kier molecular flexibility index (Phi) is 6.52. The third-order valence-electron chi connectivity index (χ3n) is 3.99. The van der Waals surface area contributed by atoms with E-state index < -0.39 is 37.5 Å². The second kappa shape index (κ2) is 8.66. The average molecular weight is 510 g/mol. The molecule has 1 N–H and O–H groups in total. The second-order valence-electron chi connectivity index (χ2n) is 6.10. The standard InChI is InChI=1S/C19H10Cl3F3N2O3S/c20-10-7-16(17(26-9-10)18(28)12-3-1-2-4-14(12)21)27-31(29,30)11-5-6-15(22)13(8-11)19(23,24)25/h1-9,27H. The van der Waals surface area contributed by atoms with Gasteiger partial charge in [-0.3, -0.25) is 9.52 Å². The van der Waals surface area contributed by atoms with Crippen LogP contribution in [0, 0.1) is 0 Å². The van der Waals surface area contributed by atoms with Crippen LogP contribution in [0.4, 0.5) is 18.9 Å². The van der Waals surface area contributed by atoms with Crippen molar-refractivity contribution in [3.63, 3.8) is 0 Å². The monoisotopic (exact) mass is 508 g/mol. The maximum absolute atomic E-state index is 13.1. The summed E-state index contributed by atoms with van der Waals surface area (Å²) < 4.78 is 66.9. The zero-order chi connectivity index (χ0) is 23.0. The fourth-order valence-electron chi connectivity index (χ4n) is 2.56. The minimum atomic E-state index is -4.87. The smallest absolute Gasteiger partial charge is 0.287 e. The molecule has 1 heterocycles. The number of carbonyl (C=O) groups excluding carboxylic acids is 1. The van der Waals surface area contributed by atoms with Crippen LogP contribution in [0.15, 0.2) is 59.6 Å². The molecule has 0 radical (unpaired) electrons. The van der Waals surface area contributed by atoms with Crippen LogP contribution in [-0.4, -0.2) is 19.2 Å². The Morgan fingerprint density at radius 3 is 2.29 bits per heavy atom. The first-order valence-corrected chi connectivity index (χ1v) is 10.9. The number of hydrogen-bond acceptors (Lipinski definition) is 4. The zero-order valence-electron chi connectivity index (χ0n) is 15.0. The van der Waals surface area contributed by atoms with E-state index in [4.69, 9.17) is 34.8 Å². The predicted octanol–water partition coefficient (Wildman–Crippen LogP) is 6.09. The van der Waals surface area contributed by atoms with Crippen LogP contribution in [0.25, 0.3) is 0 Å². The van der Waals surface area contributed by atoms with Crippen molar-refractivity contribution in [2.75, 3.05) is 4.72 Å². The second-order valence-corrected chi connectivity index (χ2v) is 9.04. The molecule has 5 nitrogen and oxygen atoms in total. The highest BCUT2D eigenvalue weighted by Crippen LogP contribution is 2.36. The molecule has 12 heteroatoms. The Morgan fingerprint density at radius 1 is 0.968 bits per heavy atom. The normalized spacial score (nSPS) is 11.9. The van der Waals surface area contributed by atoms with Gasteiger partial charge in [-0.2, -0.15) is 13.2 Å². The molecule has 3 rings (SSSR count). The van der Waals surface area contributed by atoms with Crippen molar-refractivity contribution >= 4 is 56.3 Å². The molecule has 0 aliphatic heterocycles. The van der Waals surface area contributed by atoms with Gasteiger partial charge in [-0.05, 0) is 36.4 Å². The van der Waals surface area contributed by atoms with Crippen molar-refractivity contribution in [1.82, 2.24) is 4.98 Å². The van der Waals surface area contributed by atoms with Gasteiger partial charge >= 0.3 is 6.18 Å². The van der Waals surface area contributed by atoms with Crippen molar-refractivity contribution in [1.29, 1.82) is 0 Å².